The Labute approximate surface area is 97.2 Å². The Morgan fingerprint density at radius 3 is 2.69 bits per heavy atom. The van der Waals surface area contributed by atoms with Crippen LogP contribution in [0.5, 0.6) is 0 Å². The van der Waals surface area contributed by atoms with Crippen LogP contribution in [0.1, 0.15) is 23.9 Å². The topological polar surface area (TPSA) is 8.81 Å². The normalized spacial score (nSPS) is 10.7. The largest absolute Gasteiger partial charge is 0.253 e. The summed E-state index contributed by atoms with van der Waals surface area (Å²) in [5.41, 5.74) is 2.69. The second kappa shape index (κ2) is 4.52. The molecule has 0 amide bonds. The minimum Gasteiger partial charge on any atom is -0.235 e. The first-order valence-electron chi connectivity index (χ1n) is 5.81. The molecular formula is C14H19N2+. The summed E-state index contributed by atoms with van der Waals surface area (Å²) in [6.45, 7) is 8.47. The Hall–Kier alpha value is -1.57. The predicted molar refractivity (Wildman–Crippen MR) is 65.3 cm³/mol. The number of hydrogen-bond acceptors (Lipinski definition) is 0. The molecule has 1 heterocycles. The van der Waals surface area contributed by atoms with Crippen LogP contribution >= 0.6 is 0 Å². The summed E-state index contributed by atoms with van der Waals surface area (Å²) in [4.78, 5) is 0. The van der Waals surface area contributed by atoms with Crippen molar-refractivity contribution in [3.05, 3.63) is 53.6 Å². The van der Waals surface area contributed by atoms with Gasteiger partial charge in [-0.3, -0.25) is 0 Å². The molecule has 84 valence electrons. The zero-order chi connectivity index (χ0) is 11.5. The van der Waals surface area contributed by atoms with Gasteiger partial charge in [0, 0.05) is 6.92 Å². The molecule has 2 heteroatoms. The van der Waals surface area contributed by atoms with Crippen LogP contribution in [0, 0.1) is 13.8 Å². The van der Waals surface area contributed by atoms with E-state index in [1.165, 1.54) is 17.0 Å². The molecule has 1 aromatic heterocycles. The lowest BCUT2D eigenvalue weighted by Crippen LogP contribution is -2.36. The smallest absolute Gasteiger partial charge is 0.235 e. The summed E-state index contributed by atoms with van der Waals surface area (Å²) < 4.78 is 4.55. The molecule has 2 rings (SSSR count). The quantitative estimate of drug-likeness (QED) is 0.695. The maximum absolute atomic E-state index is 2.29. The van der Waals surface area contributed by atoms with Gasteiger partial charge < -0.3 is 0 Å². The molecule has 0 N–H and O–H groups in total. The van der Waals surface area contributed by atoms with Crippen LogP contribution in [0.25, 0.3) is 0 Å². The Morgan fingerprint density at radius 1 is 1.25 bits per heavy atom. The van der Waals surface area contributed by atoms with Gasteiger partial charge in [-0.15, -0.1) is 0 Å². The van der Waals surface area contributed by atoms with Crippen LogP contribution in [0.4, 0.5) is 0 Å². The number of nitrogens with zero attached hydrogens (tertiary/aromatic N) is 2. The lowest BCUT2D eigenvalue weighted by Gasteiger charge is -2.01. The SMILES string of the molecule is CCn1cc[n+](Cc2cccc(C)c2)c1C. The maximum atomic E-state index is 2.29. The Bertz CT molecular complexity index is 483. The van der Waals surface area contributed by atoms with Gasteiger partial charge in [0.15, 0.2) is 0 Å². The van der Waals surface area contributed by atoms with Crippen LogP contribution < -0.4 is 4.57 Å². The monoisotopic (exact) mass is 215 g/mol. The fraction of sp³-hybridized carbons (Fsp3) is 0.357. The van der Waals surface area contributed by atoms with Crippen molar-refractivity contribution in [1.29, 1.82) is 0 Å². The first-order valence-corrected chi connectivity index (χ1v) is 5.81. The van der Waals surface area contributed by atoms with E-state index in [1.807, 2.05) is 0 Å². The predicted octanol–water partition coefficient (Wildman–Crippen LogP) is 2.46. The van der Waals surface area contributed by atoms with Crippen LogP contribution in [-0.2, 0) is 13.1 Å². The third-order valence-electron chi connectivity index (χ3n) is 3.03. The summed E-state index contributed by atoms with van der Waals surface area (Å²) in [6, 6.07) is 8.69. The average Bonchev–Trinajstić information content (AvgIpc) is 2.60. The minimum atomic E-state index is 0.959. The zero-order valence-electron chi connectivity index (χ0n) is 10.3. The van der Waals surface area contributed by atoms with E-state index in [4.69, 9.17) is 0 Å². The summed E-state index contributed by atoms with van der Waals surface area (Å²) in [5, 5.41) is 0. The van der Waals surface area contributed by atoms with Crippen molar-refractivity contribution in [3.8, 4) is 0 Å². The number of aryl methyl sites for hydroxylation is 2. The van der Waals surface area contributed by atoms with Crippen LogP contribution in [0.2, 0.25) is 0 Å². The number of hydrogen-bond donors (Lipinski definition) is 0. The Morgan fingerprint density at radius 2 is 2.06 bits per heavy atom. The van der Waals surface area contributed by atoms with Crippen molar-refractivity contribution < 1.29 is 4.57 Å². The first-order chi connectivity index (χ1) is 7.70. The van der Waals surface area contributed by atoms with Crippen LogP contribution in [0.15, 0.2) is 36.7 Å². The molecular weight excluding hydrogens is 196 g/mol. The number of imidazole rings is 1. The van der Waals surface area contributed by atoms with E-state index in [9.17, 15) is 0 Å². The van der Waals surface area contributed by atoms with Crippen LogP contribution in [-0.4, -0.2) is 4.57 Å². The molecule has 0 aliphatic heterocycles. The van der Waals surface area contributed by atoms with Crippen molar-refractivity contribution >= 4 is 0 Å². The summed E-state index contributed by atoms with van der Waals surface area (Å²) in [5.74, 6) is 1.31. The molecule has 2 nitrogen and oxygen atoms in total. The number of aromatic nitrogens is 2. The van der Waals surface area contributed by atoms with E-state index in [-0.39, 0.29) is 0 Å². The van der Waals surface area contributed by atoms with E-state index >= 15 is 0 Å². The molecule has 0 saturated carbocycles. The van der Waals surface area contributed by atoms with E-state index in [0.717, 1.165) is 13.1 Å². The van der Waals surface area contributed by atoms with Crippen molar-refractivity contribution in [2.24, 2.45) is 0 Å². The molecule has 0 unspecified atom stereocenters. The first kappa shape index (κ1) is 10.9. The summed E-state index contributed by atoms with van der Waals surface area (Å²) >= 11 is 0. The lowest BCUT2D eigenvalue weighted by atomic mass is 10.1. The van der Waals surface area contributed by atoms with Gasteiger partial charge in [0.05, 0.1) is 6.54 Å². The lowest BCUT2D eigenvalue weighted by molar-refractivity contribution is -0.694. The van der Waals surface area contributed by atoms with Gasteiger partial charge in [-0.2, -0.15) is 0 Å². The molecule has 0 fully saturated rings. The molecule has 0 saturated heterocycles. The molecule has 16 heavy (non-hydrogen) atoms. The van der Waals surface area contributed by atoms with E-state index in [1.54, 1.807) is 0 Å². The zero-order valence-corrected chi connectivity index (χ0v) is 10.3. The number of rotatable bonds is 3. The molecule has 2 aromatic rings. The van der Waals surface area contributed by atoms with Gasteiger partial charge in [0.1, 0.15) is 18.9 Å². The molecule has 0 aliphatic carbocycles. The summed E-state index contributed by atoms with van der Waals surface area (Å²) in [6.07, 6.45) is 4.30. The maximum Gasteiger partial charge on any atom is 0.253 e. The molecule has 0 spiro atoms. The van der Waals surface area contributed by atoms with Gasteiger partial charge >= 0.3 is 0 Å². The molecule has 0 aliphatic rings. The van der Waals surface area contributed by atoms with Crippen molar-refractivity contribution in [3.63, 3.8) is 0 Å². The van der Waals surface area contributed by atoms with Gasteiger partial charge in [-0.25, -0.2) is 9.13 Å². The Kier molecular flexibility index (Phi) is 3.09. The van der Waals surface area contributed by atoms with Crippen molar-refractivity contribution in [2.45, 2.75) is 33.9 Å². The highest BCUT2D eigenvalue weighted by molar-refractivity contribution is 5.21. The van der Waals surface area contributed by atoms with Crippen molar-refractivity contribution in [2.75, 3.05) is 0 Å². The Balaban J connectivity index is 2.24. The number of benzene rings is 1. The highest BCUT2D eigenvalue weighted by Crippen LogP contribution is 2.04. The average molecular weight is 215 g/mol. The van der Waals surface area contributed by atoms with E-state index < -0.39 is 0 Å². The van der Waals surface area contributed by atoms with Crippen LogP contribution in [0.3, 0.4) is 0 Å². The molecule has 1 aromatic carbocycles. The third kappa shape index (κ3) is 2.16. The standard InChI is InChI=1S/C14H19N2/c1-4-15-8-9-16(13(15)3)11-14-7-5-6-12(2)10-14/h5-10H,4,11H2,1-3H3/q+1. The van der Waals surface area contributed by atoms with E-state index in [2.05, 4.69) is 66.6 Å². The van der Waals surface area contributed by atoms with E-state index in [0.29, 0.717) is 0 Å². The van der Waals surface area contributed by atoms with Gasteiger partial charge in [0.25, 0.3) is 5.82 Å². The highest BCUT2D eigenvalue weighted by atomic mass is 15.1. The molecule has 0 bridgehead atoms. The molecule has 0 radical (unpaired) electrons. The molecule has 0 atom stereocenters. The highest BCUT2D eigenvalue weighted by Gasteiger charge is 2.10. The second-order valence-electron chi connectivity index (χ2n) is 4.25. The van der Waals surface area contributed by atoms with Gasteiger partial charge in [0.2, 0.25) is 0 Å². The van der Waals surface area contributed by atoms with Gasteiger partial charge in [-0.1, -0.05) is 29.8 Å². The fourth-order valence-corrected chi connectivity index (χ4v) is 2.05. The van der Waals surface area contributed by atoms with Gasteiger partial charge in [-0.05, 0) is 19.4 Å². The summed E-state index contributed by atoms with van der Waals surface area (Å²) in [7, 11) is 0. The fourth-order valence-electron chi connectivity index (χ4n) is 2.05. The second-order valence-corrected chi connectivity index (χ2v) is 4.25. The minimum absolute atomic E-state index is 0.959. The third-order valence-corrected chi connectivity index (χ3v) is 3.03. The van der Waals surface area contributed by atoms with Crippen molar-refractivity contribution in [1.82, 2.24) is 4.57 Å².